The number of furan rings is 1. The van der Waals surface area contributed by atoms with Crippen LogP contribution in [-0.2, 0) is 19.3 Å². The SMILES string of the molecule is c1ccc2c(c1)CC(c1ccc(N3CCCc4ccccc43)c(C3NCCc4ccccc43)c1-c1cc3ccccc3o1)O2. The van der Waals surface area contributed by atoms with Crippen molar-refractivity contribution in [3.05, 3.63) is 149 Å². The van der Waals surface area contributed by atoms with Crippen LogP contribution in [0, 0.1) is 0 Å². The number of hydrogen-bond donors (Lipinski definition) is 1. The molecule has 5 aromatic carbocycles. The summed E-state index contributed by atoms with van der Waals surface area (Å²) in [5.41, 5.74) is 12.4. The Morgan fingerprint density at radius 2 is 1.48 bits per heavy atom. The fraction of sp³-hybridized carbons (Fsp3) is 0.200. The molecule has 0 fully saturated rings. The minimum Gasteiger partial charge on any atom is -0.485 e. The summed E-state index contributed by atoms with van der Waals surface area (Å²) >= 11 is 0. The molecule has 0 saturated heterocycles. The van der Waals surface area contributed by atoms with E-state index in [0.717, 1.165) is 66.8 Å². The number of nitrogens with one attached hydrogen (secondary N) is 1. The van der Waals surface area contributed by atoms with Gasteiger partial charge >= 0.3 is 0 Å². The second-order valence-electron chi connectivity index (χ2n) is 12.2. The number of rotatable bonds is 4. The molecule has 44 heavy (non-hydrogen) atoms. The molecule has 2 atom stereocenters. The van der Waals surface area contributed by atoms with Gasteiger partial charge in [-0.15, -0.1) is 0 Å². The molecule has 0 amide bonds. The van der Waals surface area contributed by atoms with Crippen molar-refractivity contribution >= 4 is 22.3 Å². The maximum atomic E-state index is 6.76. The highest BCUT2D eigenvalue weighted by atomic mass is 16.5. The van der Waals surface area contributed by atoms with Gasteiger partial charge in [-0.2, -0.15) is 0 Å². The Morgan fingerprint density at radius 1 is 0.682 bits per heavy atom. The van der Waals surface area contributed by atoms with Gasteiger partial charge in [0.2, 0.25) is 0 Å². The number of para-hydroxylation sites is 3. The standard InChI is InChI=1S/C40H34N2O2/c1-5-15-30-26(10-1)21-22-41-40(30)39-33(42-23-9-14-27-11-2-6-16-32(27)42)20-19-31(36-24-28-12-3-7-17-34(28)43-36)38(39)37-25-29-13-4-8-18-35(29)44-37/h1-8,10-13,15-20,25,36,40-41H,9,14,21-24H2. The van der Waals surface area contributed by atoms with Crippen molar-refractivity contribution in [2.45, 2.75) is 37.8 Å². The van der Waals surface area contributed by atoms with Crippen LogP contribution < -0.4 is 15.0 Å². The van der Waals surface area contributed by atoms with Gasteiger partial charge in [-0.1, -0.05) is 84.9 Å². The lowest BCUT2D eigenvalue weighted by atomic mass is 9.82. The Balaban J connectivity index is 1.34. The molecule has 0 saturated carbocycles. The zero-order valence-corrected chi connectivity index (χ0v) is 24.6. The molecule has 0 radical (unpaired) electrons. The lowest BCUT2D eigenvalue weighted by molar-refractivity contribution is 0.239. The normalized spacial score (nSPS) is 18.9. The fourth-order valence-electron chi connectivity index (χ4n) is 7.70. The van der Waals surface area contributed by atoms with E-state index in [9.17, 15) is 0 Å². The summed E-state index contributed by atoms with van der Waals surface area (Å²) in [7, 11) is 0. The van der Waals surface area contributed by atoms with Crippen LogP contribution in [0.4, 0.5) is 11.4 Å². The lowest BCUT2D eigenvalue weighted by Gasteiger charge is -2.37. The first kappa shape index (κ1) is 25.7. The van der Waals surface area contributed by atoms with Crippen molar-refractivity contribution in [1.29, 1.82) is 0 Å². The number of nitrogens with zero attached hydrogens (tertiary/aromatic N) is 1. The lowest BCUT2D eigenvalue weighted by Crippen LogP contribution is -2.33. The van der Waals surface area contributed by atoms with Crippen LogP contribution in [0.1, 0.15) is 51.9 Å². The van der Waals surface area contributed by atoms with Gasteiger partial charge in [-0.3, -0.25) is 0 Å². The van der Waals surface area contributed by atoms with Crippen LogP contribution in [0.25, 0.3) is 22.3 Å². The Labute approximate surface area is 257 Å². The number of ether oxygens (including phenoxy) is 1. The number of benzene rings is 5. The van der Waals surface area contributed by atoms with Crippen LogP contribution in [0.15, 0.2) is 120 Å². The van der Waals surface area contributed by atoms with Crippen LogP contribution >= 0.6 is 0 Å². The number of anilines is 2. The smallest absolute Gasteiger partial charge is 0.136 e. The zero-order chi connectivity index (χ0) is 29.0. The largest absolute Gasteiger partial charge is 0.485 e. The van der Waals surface area contributed by atoms with E-state index in [4.69, 9.17) is 9.15 Å². The number of hydrogen-bond acceptors (Lipinski definition) is 4. The van der Waals surface area contributed by atoms with Crippen molar-refractivity contribution in [2.75, 3.05) is 18.0 Å². The molecule has 9 rings (SSSR count). The fourth-order valence-corrected chi connectivity index (χ4v) is 7.70. The summed E-state index contributed by atoms with van der Waals surface area (Å²) < 4.78 is 13.5. The summed E-state index contributed by atoms with van der Waals surface area (Å²) in [5, 5.41) is 5.08. The van der Waals surface area contributed by atoms with E-state index in [1.165, 1.54) is 44.8 Å². The maximum Gasteiger partial charge on any atom is 0.136 e. The van der Waals surface area contributed by atoms with E-state index in [0.29, 0.717) is 0 Å². The predicted molar refractivity (Wildman–Crippen MR) is 177 cm³/mol. The van der Waals surface area contributed by atoms with Crippen molar-refractivity contribution in [3.8, 4) is 17.1 Å². The van der Waals surface area contributed by atoms with Gasteiger partial charge in [0.25, 0.3) is 0 Å². The molecule has 2 unspecified atom stereocenters. The van der Waals surface area contributed by atoms with Gasteiger partial charge in [0.05, 0.1) is 6.04 Å². The van der Waals surface area contributed by atoms with E-state index in [1.807, 2.05) is 6.07 Å². The summed E-state index contributed by atoms with van der Waals surface area (Å²) in [6.07, 6.45) is 3.98. The molecular weight excluding hydrogens is 540 g/mol. The molecule has 0 aliphatic carbocycles. The molecule has 3 aliphatic heterocycles. The van der Waals surface area contributed by atoms with Crippen LogP contribution in [0.3, 0.4) is 0 Å². The molecular formula is C40H34N2O2. The van der Waals surface area contributed by atoms with Crippen LogP contribution in [-0.4, -0.2) is 13.1 Å². The first-order chi connectivity index (χ1) is 21.8. The van der Waals surface area contributed by atoms with Crippen molar-refractivity contribution < 1.29 is 9.15 Å². The van der Waals surface area contributed by atoms with E-state index >= 15 is 0 Å². The summed E-state index contributed by atoms with van der Waals surface area (Å²) in [4.78, 5) is 2.55. The third kappa shape index (κ3) is 4.16. The van der Waals surface area contributed by atoms with Gasteiger partial charge in [0, 0.05) is 53.0 Å². The molecule has 4 nitrogen and oxygen atoms in total. The van der Waals surface area contributed by atoms with Gasteiger partial charge < -0.3 is 19.4 Å². The number of aryl methyl sites for hydroxylation is 1. The minimum absolute atomic E-state index is 0.0102. The molecule has 6 aromatic rings. The topological polar surface area (TPSA) is 37.6 Å². The molecule has 4 heterocycles. The number of fused-ring (bicyclic) bond motifs is 4. The van der Waals surface area contributed by atoms with E-state index in [-0.39, 0.29) is 12.1 Å². The molecule has 4 heteroatoms. The van der Waals surface area contributed by atoms with Crippen molar-refractivity contribution in [2.24, 2.45) is 0 Å². The third-order valence-electron chi connectivity index (χ3n) is 9.72. The van der Waals surface area contributed by atoms with Gasteiger partial charge in [0.15, 0.2) is 0 Å². The monoisotopic (exact) mass is 574 g/mol. The minimum atomic E-state index is -0.101. The predicted octanol–water partition coefficient (Wildman–Crippen LogP) is 9.10. The third-order valence-corrected chi connectivity index (χ3v) is 9.72. The van der Waals surface area contributed by atoms with Crippen molar-refractivity contribution in [1.82, 2.24) is 5.32 Å². The summed E-state index contributed by atoms with van der Waals surface area (Å²) in [5.74, 6) is 1.87. The van der Waals surface area contributed by atoms with E-state index in [2.05, 4.69) is 119 Å². The average molecular weight is 575 g/mol. The highest BCUT2D eigenvalue weighted by Gasteiger charge is 2.35. The molecule has 1 aromatic heterocycles. The van der Waals surface area contributed by atoms with E-state index < -0.39 is 0 Å². The molecule has 3 aliphatic rings. The van der Waals surface area contributed by atoms with E-state index in [1.54, 1.807) is 0 Å². The zero-order valence-electron chi connectivity index (χ0n) is 24.6. The van der Waals surface area contributed by atoms with Gasteiger partial charge in [-0.05, 0) is 71.8 Å². The quantitative estimate of drug-likeness (QED) is 0.228. The summed E-state index contributed by atoms with van der Waals surface area (Å²) in [6, 6.07) is 41.5. The molecule has 1 N–H and O–H groups in total. The highest BCUT2D eigenvalue weighted by Crippen LogP contribution is 2.50. The second-order valence-corrected chi connectivity index (χ2v) is 12.2. The van der Waals surface area contributed by atoms with Gasteiger partial charge in [0.1, 0.15) is 23.2 Å². The second kappa shape index (κ2) is 10.4. The molecule has 0 spiro atoms. The Morgan fingerprint density at radius 3 is 2.39 bits per heavy atom. The van der Waals surface area contributed by atoms with Crippen molar-refractivity contribution in [3.63, 3.8) is 0 Å². The first-order valence-corrected chi connectivity index (χ1v) is 15.9. The summed E-state index contributed by atoms with van der Waals surface area (Å²) in [6.45, 7) is 1.90. The highest BCUT2D eigenvalue weighted by molar-refractivity contribution is 5.88. The molecule has 216 valence electrons. The first-order valence-electron chi connectivity index (χ1n) is 15.9. The molecule has 0 bridgehead atoms. The van der Waals surface area contributed by atoms with Crippen LogP contribution in [0.5, 0.6) is 5.75 Å². The van der Waals surface area contributed by atoms with Crippen LogP contribution in [0.2, 0.25) is 0 Å². The average Bonchev–Trinajstić information content (AvgIpc) is 3.72. The Bertz CT molecular complexity index is 1970. The Hall–Kier alpha value is -4.80. The van der Waals surface area contributed by atoms with Gasteiger partial charge in [-0.25, -0.2) is 0 Å². The maximum absolute atomic E-state index is 6.76. The Kier molecular flexibility index (Phi) is 6.09.